The predicted molar refractivity (Wildman–Crippen MR) is 89.8 cm³/mol. The summed E-state index contributed by atoms with van der Waals surface area (Å²) in [6, 6.07) is 0. The number of nitrogens with one attached hydrogen (secondary N) is 1. The molecular formula is C17H23N3O3S. The quantitative estimate of drug-likeness (QED) is 0.890. The van der Waals surface area contributed by atoms with Gasteiger partial charge >= 0.3 is 0 Å². The van der Waals surface area contributed by atoms with E-state index in [9.17, 15) is 9.59 Å². The van der Waals surface area contributed by atoms with E-state index in [4.69, 9.17) is 4.74 Å². The van der Waals surface area contributed by atoms with E-state index in [-0.39, 0.29) is 23.8 Å². The highest BCUT2D eigenvalue weighted by molar-refractivity contribution is 7.09. The van der Waals surface area contributed by atoms with Crippen LogP contribution in [0.5, 0.6) is 0 Å². The second kappa shape index (κ2) is 6.11. The number of hydrogen-bond acceptors (Lipinski definition) is 5. The van der Waals surface area contributed by atoms with Crippen molar-refractivity contribution in [1.82, 2.24) is 15.2 Å². The highest BCUT2D eigenvalue weighted by Gasteiger charge is 2.49. The molecule has 0 radical (unpaired) electrons. The fraction of sp³-hybridized carbons (Fsp3) is 0.706. The molecule has 24 heavy (non-hydrogen) atoms. The van der Waals surface area contributed by atoms with Gasteiger partial charge in [0.1, 0.15) is 5.69 Å². The Labute approximate surface area is 145 Å². The largest absolute Gasteiger partial charge is 0.376 e. The minimum atomic E-state index is -0.125. The number of carbonyl (C=O) groups is 2. The summed E-state index contributed by atoms with van der Waals surface area (Å²) in [4.78, 5) is 30.7. The van der Waals surface area contributed by atoms with E-state index in [0.29, 0.717) is 43.1 Å². The van der Waals surface area contributed by atoms with Gasteiger partial charge in [-0.2, -0.15) is 0 Å². The van der Waals surface area contributed by atoms with Crippen LogP contribution in [-0.4, -0.2) is 54.0 Å². The maximum atomic E-state index is 12.4. The van der Waals surface area contributed by atoms with Crippen molar-refractivity contribution in [3.8, 4) is 0 Å². The van der Waals surface area contributed by atoms with Gasteiger partial charge in [-0.25, -0.2) is 4.98 Å². The Morgan fingerprint density at radius 1 is 1.46 bits per heavy atom. The Kier molecular flexibility index (Phi) is 4.08. The zero-order chi connectivity index (χ0) is 16.8. The van der Waals surface area contributed by atoms with Crippen molar-refractivity contribution in [2.45, 2.75) is 26.4 Å². The van der Waals surface area contributed by atoms with E-state index in [0.717, 1.165) is 18.0 Å². The maximum Gasteiger partial charge on any atom is 0.270 e. The van der Waals surface area contributed by atoms with Gasteiger partial charge in [-0.15, -0.1) is 11.3 Å². The first-order chi connectivity index (χ1) is 11.5. The molecule has 1 saturated carbocycles. The first kappa shape index (κ1) is 16.0. The molecule has 1 aromatic heterocycles. The Hall–Kier alpha value is -1.47. The SMILES string of the molecule is Cc1nc(C(=O)NC[C@@H]2CO[C@@H]3CN(C(=O)[C@@H]4C[C@H]4C)C[C@H]23)cs1. The van der Waals surface area contributed by atoms with Crippen LogP contribution in [0.1, 0.15) is 28.8 Å². The maximum absolute atomic E-state index is 12.4. The number of ether oxygens (including phenoxy) is 1. The molecule has 0 bridgehead atoms. The van der Waals surface area contributed by atoms with Gasteiger partial charge in [-0.1, -0.05) is 6.92 Å². The van der Waals surface area contributed by atoms with Crippen LogP contribution in [0.2, 0.25) is 0 Å². The summed E-state index contributed by atoms with van der Waals surface area (Å²) in [7, 11) is 0. The van der Waals surface area contributed by atoms with Crippen molar-refractivity contribution in [2.24, 2.45) is 23.7 Å². The van der Waals surface area contributed by atoms with Gasteiger partial charge in [0, 0.05) is 42.8 Å². The Morgan fingerprint density at radius 2 is 2.25 bits per heavy atom. The molecule has 3 fully saturated rings. The molecule has 2 aliphatic heterocycles. The number of hydrogen-bond donors (Lipinski definition) is 1. The molecule has 1 aliphatic carbocycles. The summed E-state index contributed by atoms with van der Waals surface area (Å²) < 4.78 is 5.88. The van der Waals surface area contributed by atoms with Crippen molar-refractivity contribution >= 4 is 23.2 Å². The zero-order valence-corrected chi connectivity index (χ0v) is 14.8. The second-order valence-electron chi connectivity index (χ2n) is 7.32. The van der Waals surface area contributed by atoms with Gasteiger partial charge in [0.15, 0.2) is 0 Å². The van der Waals surface area contributed by atoms with Crippen LogP contribution < -0.4 is 5.32 Å². The van der Waals surface area contributed by atoms with Gasteiger partial charge in [-0.05, 0) is 19.3 Å². The van der Waals surface area contributed by atoms with Gasteiger partial charge in [0.2, 0.25) is 5.91 Å². The molecular weight excluding hydrogens is 326 g/mol. The van der Waals surface area contributed by atoms with E-state index in [1.54, 1.807) is 5.38 Å². The molecule has 4 rings (SSSR count). The molecule has 2 amide bonds. The number of amides is 2. The first-order valence-corrected chi connectivity index (χ1v) is 9.51. The van der Waals surface area contributed by atoms with Crippen LogP contribution in [0, 0.1) is 30.6 Å². The van der Waals surface area contributed by atoms with Crippen molar-refractivity contribution < 1.29 is 14.3 Å². The van der Waals surface area contributed by atoms with Crippen LogP contribution in [0.3, 0.4) is 0 Å². The molecule has 2 saturated heterocycles. The number of aromatic nitrogens is 1. The van der Waals surface area contributed by atoms with Crippen molar-refractivity contribution in [2.75, 3.05) is 26.2 Å². The van der Waals surface area contributed by atoms with Crippen LogP contribution >= 0.6 is 11.3 Å². The summed E-state index contributed by atoms with van der Waals surface area (Å²) in [5, 5.41) is 5.65. The fourth-order valence-corrected chi connectivity index (χ4v) is 4.46. The van der Waals surface area contributed by atoms with Gasteiger partial charge in [0.05, 0.1) is 17.7 Å². The lowest BCUT2D eigenvalue weighted by molar-refractivity contribution is -0.132. The average molecular weight is 349 g/mol. The standard InChI is InChI=1S/C17H23N3O3S/c1-9-3-12(9)17(22)20-5-13-11(7-23-15(13)6-20)4-18-16(21)14-8-24-10(2)19-14/h8-9,11-13,15H,3-7H2,1-2H3,(H,18,21)/t9-,11-,12-,13-,15-/m1/s1. The molecule has 0 aromatic carbocycles. The van der Waals surface area contributed by atoms with Gasteiger partial charge < -0.3 is 15.0 Å². The predicted octanol–water partition coefficient (Wildman–Crippen LogP) is 1.31. The number of nitrogens with zero attached hydrogens (tertiary/aromatic N) is 2. The van der Waals surface area contributed by atoms with E-state index in [2.05, 4.69) is 17.2 Å². The molecule has 7 heteroatoms. The number of rotatable bonds is 4. The first-order valence-electron chi connectivity index (χ1n) is 8.63. The molecule has 6 nitrogen and oxygen atoms in total. The van der Waals surface area contributed by atoms with E-state index in [1.165, 1.54) is 11.3 Å². The summed E-state index contributed by atoms with van der Waals surface area (Å²) in [5.74, 6) is 1.54. The second-order valence-corrected chi connectivity index (χ2v) is 8.38. The third-order valence-electron chi connectivity index (χ3n) is 5.55. The number of thiazole rings is 1. The third kappa shape index (κ3) is 2.95. The monoisotopic (exact) mass is 349 g/mol. The lowest BCUT2D eigenvalue weighted by atomic mass is 9.93. The number of aryl methyl sites for hydroxylation is 1. The van der Waals surface area contributed by atoms with Gasteiger partial charge in [-0.3, -0.25) is 9.59 Å². The lowest BCUT2D eigenvalue weighted by Gasteiger charge is -2.20. The molecule has 5 atom stereocenters. The topological polar surface area (TPSA) is 71.5 Å². The smallest absolute Gasteiger partial charge is 0.270 e. The Balaban J connectivity index is 1.31. The summed E-state index contributed by atoms with van der Waals surface area (Å²) in [5.41, 5.74) is 0.485. The summed E-state index contributed by atoms with van der Waals surface area (Å²) >= 11 is 1.48. The zero-order valence-electron chi connectivity index (χ0n) is 14.0. The minimum Gasteiger partial charge on any atom is -0.376 e. The number of fused-ring (bicyclic) bond motifs is 1. The van der Waals surface area contributed by atoms with Crippen LogP contribution in [-0.2, 0) is 9.53 Å². The molecule has 0 spiro atoms. The van der Waals surface area contributed by atoms with E-state index >= 15 is 0 Å². The van der Waals surface area contributed by atoms with Crippen LogP contribution in [0.25, 0.3) is 0 Å². The third-order valence-corrected chi connectivity index (χ3v) is 6.33. The molecule has 3 heterocycles. The molecule has 1 aromatic rings. The lowest BCUT2D eigenvalue weighted by Crippen LogP contribution is -2.36. The normalized spacial score (nSPS) is 34.2. The minimum absolute atomic E-state index is 0.125. The average Bonchev–Trinajstić information content (AvgIpc) is 2.95. The Bertz CT molecular complexity index is 661. The Morgan fingerprint density at radius 3 is 2.92 bits per heavy atom. The highest BCUT2D eigenvalue weighted by atomic mass is 32.1. The van der Waals surface area contributed by atoms with Crippen LogP contribution in [0.15, 0.2) is 5.38 Å². The van der Waals surface area contributed by atoms with Crippen molar-refractivity contribution in [3.63, 3.8) is 0 Å². The number of likely N-dealkylation sites (tertiary alicyclic amines) is 1. The molecule has 130 valence electrons. The fourth-order valence-electron chi connectivity index (χ4n) is 3.87. The van der Waals surface area contributed by atoms with E-state index < -0.39 is 0 Å². The van der Waals surface area contributed by atoms with E-state index in [1.807, 2.05) is 11.8 Å². The highest BCUT2D eigenvalue weighted by Crippen LogP contribution is 2.41. The molecule has 3 aliphatic rings. The molecule has 0 unspecified atom stereocenters. The number of carbonyl (C=O) groups excluding carboxylic acids is 2. The van der Waals surface area contributed by atoms with Crippen molar-refractivity contribution in [1.29, 1.82) is 0 Å². The van der Waals surface area contributed by atoms with Crippen molar-refractivity contribution in [3.05, 3.63) is 16.1 Å². The summed E-state index contributed by atoms with van der Waals surface area (Å²) in [6.45, 7) is 6.74. The summed E-state index contributed by atoms with van der Waals surface area (Å²) in [6.07, 6.45) is 1.16. The molecule has 1 N–H and O–H groups in total. The van der Waals surface area contributed by atoms with Crippen LogP contribution in [0.4, 0.5) is 0 Å². The van der Waals surface area contributed by atoms with Gasteiger partial charge in [0.25, 0.3) is 5.91 Å².